The van der Waals surface area contributed by atoms with Gasteiger partial charge in [0.05, 0.1) is 0 Å². The van der Waals surface area contributed by atoms with Crippen molar-refractivity contribution in [3.63, 3.8) is 0 Å². The van der Waals surface area contributed by atoms with Crippen LogP contribution in [0.1, 0.15) is 13.3 Å². The molecule has 1 saturated heterocycles. The molecular weight excluding hydrogens is 136 g/mol. The lowest BCUT2D eigenvalue weighted by atomic mass is 9.98. The molecule has 11 heavy (non-hydrogen) atoms. The van der Waals surface area contributed by atoms with Gasteiger partial charge in [-0.3, -0.25) is 0 Å². The summed E-state index contributed by atoms with van der Waals surface area (Å²) in [5.41, 5.74) is 3.27. The lowest BCUT2D eigenvalue weighted by Gasteiger charge is -2.21. The molecule has 2 aliphatic rings. The van der Waals surface area contributed by atoms with Crippen molar-refractivity contribution < 1.29 is 0 Å². The van der Waals surface area contributed by atoms with Crippen LogP contribution < -0.4 is 5.32 Å². The summed E-state index contributed by atoms with van der Waals surface area (Å²) >= 11 is 0. The Morgan fingerprint density at radius 1 is 1.55 bits per heavy atom. The highest BCUT2D eigenvalue weighted by Crippen LogP contribution is 2.23. The van der Waals surface area contributed by atoms with E-state index in [0.717, 1.165) is 0 Å². The third-order valence-electron chi connectivity index (χ3n) is 2.79. The van der Waals surface area contributed by atoms with Crippen molar-refractivity contribution >= 4 is 0 Å². The van der Waals surface area contributed by atoms with Gasteiger partial charge in [-0.1, -0.05) is 5.57 Å². The Morgan fingerprint density at radius 2 is 2.36 bits per heavy atom. The molecule has 0 aromatic heterocycles. The maximum Gasteiger partial charge on any atom is 0.0423 e. The third kappa shape index (κ3) is 1.21. The van der Waals surface area contributed by atoms with Gasteiger partial charge in [-0.05, 0) is 32.5 Å². The summed E-state index contributed by atoms with van der Waals surface area (Å²) in [4.78, 5) is 2.39. The Kier molecular flexibility index (Phi) is 1.74. The molecule has 0 aromatic rings. The van der Waals surface area contributed by atoms with Crippen LogP contribution in [0.3, 0.4) is 0 Å². The van der Waals surface area contributed by atoms with E-state index < -0.39 is 0 Å². The molecule has 2 nitrogen and oxygen atoms in total. The van der Waals surface area contributed by atoms with E-state index in [9.17, 15) is 0 Å². The van der Waals surface area contributed by atoms with Gasteiger partial charge in [-0.25, -0.2) is 0 Å². The van der Waals surface area contributed by atoms with E-state index in [4.69, 9.17) is 0 Å². The Bertz CT molecular complexity index is 196. The molecule has 1 fully saturated rings. The van der Waals surface area contributed by atoms with Crippen molar-refractivity contribution in [1.82, 2.24) is 10.2 Å². The van der Waals surface area contributed by atoms with Crippen LogP contribution in [0.25, 0.3) is 0 Å². The number of likely N-dealkylation sites (tertiary alicyclic amines) is 1. The van der Waals surface area contributed by atoms with Crippen molar-refractivity contribution in [2.24, 2.45) is 0 Å². The van der Waals surface area contributed by atoms with Crippen LogP contribution in [0.2, 0.25) is 0 Å². The van der Waals surface area contributed by atoms with Gasteiger partial charge in [0, 0.05) is 19.1 Å². The van der Waals surface area contributed by atoms with Crippen LogP contribution in [0.15, 0.2) is 11.1 Å². The molecule has 62 valence electrons. The quantitative estimate of drug-likeness (QED) is 0.512. The first-order chi connectivity index (χ1) is 5.27. The van der Waals surface area contributed by atoms with Gasteiger partial charge in [0.15, 0.2) is 0 Å². The van der Waals surface area contributed by atoms with Gasteiger partial charge in [-0.2, -0.15) is 0 Å². The molecule has 0 amide bonds. The molecular formula is C9H16N2. The highest BCUT2D eigenvalue weighted by molar-refractivity contribution is 5.27. The molecule has 1 atom stereocenters. The third-order valence-corrected chi connectivity index (χ3v) is 2.79. The molecule has 0 radical (unpaired) electrons. The summed E-state index contributed by atoms with van der Waals surface area (Å²) in [6.45, 7) is 5.84. The standard InChI is InChI=1S/C9H16N2/c1-7-3-4-10-9-6-11(2)5-8(7)9/h9-10H,3-6H2,1-2H3/t9-/m0/s1. The molecule has 2 aliphatic heterocycles. The first kappa shape index (κ1) is 7.32. The maximum absolute atomic E-state index is 3.54. The van der Waals surface area contributed by atoms with Crippen molar-refractivity contribution in [3.8, 4) is 0 Å². The second-order valence-electron chi connectivity index (χ2n) is 3.76. The number of nitrogens with one attached hydrogen (secondary N) is 1. The second-order valence-corrected chi connectivity index (χ2v) is 3.76. The Labute approximate surface area is 68.3 Å². The highest BCUT2D eigenvalue weighted by atomic mass is 15.2. The van der Waals surface area contributed by atoms with E-state index >= 15 is 0 Å². The average molecular weight is 152 g/mol. The summed E-state index contributed by atoms with van der Waals surface area (Å²) < 4.78 is 0. The molecule has 2 heteroatoms. The minimum absolute atomic E-state index is 0.675. The molecule has 0 saturated carbocycles. The SMILES string of the molecule is CC1=C2CN(C)C[C@@H]2NCC1. The van der Waals surface area contributed by atoms with Crippen LogP contribution >= 0.6 is 0 Å². The summed E-state index contributed by atoms with van der Waals surface area (Å²) in [7, 11) is 2.19. The summed E-state index contributed by atoms with van der Waals surface area (Å²) in [6.07, 6.45) is 1.25. The smallest absolute Gasteiger partial charge is 0.0423 e. The van der Waals surface area contributed by atoms with Crippen LogP contribution in [0.4, 0.5) is 0 Å². The zero-order valence-electron chi connectivity index (χ0n) is 7.35. The molecule has 0 unspecified atom stereocenters. The van der Waals surface area contributed by atoms with Crippen molar-refractivity contribution in [1.29, 1.82) is 0 Å². The molecule has 1 N–H and O–H groups in total. The van der Waals surface area contributed by atoms with Gasteiger partial charge in [0.25, 0.3) is 0 Å². The zero-order valence-corrected chi connectivity index (χ0v) is 7.35. The van der Waals surface area contributed by atoms with E-state index in [1.54, 1.807) is 11.1 Å². The van der Waals surface area contributed by atoms with Gasteiger partial charge >= 0.3 is 0 Å². The van der Waals surface area contributed by atoms with Gasteiger partial charge in [0.1, 0.15) is 0 Å². The average Bonchev–Trinajstić information content (AvgIpc) is 2.31. The fourth-order valence-electron chi connectivity index (χ4n) is 2.10. The van der Waals surface area contributed by atoms with E-state index in [1.807, 2.05) is 0 Å². The van der Waals surface area contributed by atoms with Crippen molar-refractivity contribution in [2.45, 2.75) is 19.4 Å². The predicted molar refractivity (Wildman–Crippen MR) is 46.6 cm³/mol. The molecule has 0 spiro atoms. The van der Waals surface area contributed by atoms with Gasteiger partial charge in [0.2, 0.25) is 0 Å². The van der Waals surface area contributed by atoms with E-state index in [0.29, 0.717) is 6.04 Å². The largest absolute Gasteiger partial charge is 0.309 e. The molecule has 0 aliphatic carbocycles. The van der Waals surface area contributed by atoms with Crippen LogP contribution in [0.5, 0.6) is 0 Å². The number of likely N-dealkylation sites (N-methyl/N-ethyl adjacent to an activating group) is 1. The Hall–Kier alpha value is -0.340. The fourth-order valence-corrected chi connectivity index (χ4v) is 2.10. The Morgan fingerprint density at radius 3 is 3.09 bits per heavy atom. The van der Waals surface area contributed by atoms with E-state index in [2.05, 4.69) is 24.2 Å². The van der Waals surface area contributed by atoms with Crippen LogP contribution in [0, 0.1) is 0 Å². The first-order valence-corrected chi connectivity index (χ1v) is 4.38. The first-order valence-electron chi connectivity index (χ1n) is 4.38. The number of rotatable bonds is 0. The van der Waals surface area contributed by atoms with E-state index in [-0.39, 0.29) is 0 Å². The lowest BCUT2D eigenvalue weighted by molar-refractivity contribution is 0.399. The number of nitrogens with zero attached hydrogens (tertiary/aromatic N) is 1. The van der Waals surface area contributed by atoms with Crippen molar-refractivity contribution in [2.75, 3.05) is 26.7 Å². The predicted octanol–water partition coefficient (Wildman–Crippen LogP) is 0.610. The lowest BCUT2D eigenvalue weighted by Crippen LogP contribution is -2.36. The molecule has 0 aromatic carbocycles. The second kappa shape index (κ2) is 2.61. The number of hydrogen-bond donors (Lipinski definition) is 1. The molecule has 0 bridgehead atoms. The number of fused-ring (bicyclic) bond motifs is 1. The summed E-state index contributed by atoms with van der Waals surface area (Å²) in [6, 6.07) is 0.675. The van der Waals surface area contributed by atoms with Gasteiger partial charge in [-0.15, -0.1) is 0 Å². The minimum atomic E-state index is 0.675. The van der Waals surface area contributed by atoms with Crippen LogP contribution in [-0.4, -0.2) is 37.6 Å². The maximum atomic E-state index is 3.54. The summed E-state index contributed by atoms with van der Waals surface area (Å²) in [5, 5.41) is 3.54. The highest BCUT2D eigenvalue weighted by Gasteiger charge is 2.28. The topological polar surface area (TPSA) is 15.3 Å². The Balaban J connectivity index is 2.23. The number of hydrogen-bond acceptors (Lipinski definition) is 2. The normalized spacial score (nSPS) is 32.7. The minimum Gasteiger partial charge on any atom is -0.309 e. The van der Waals surface area contributed by atoms with Gasteiger partial charge < -0.3 is 10.2 Å². The van der Waals surface area contributed by atoms with E-state index in [1.165, 1.54) is 26.1 Å². The fraction of sp³-hybridized carbons (Fsp3) is 0.778. The van der Waals surface area contributed by atoms with Crippen molar-refractivity contribution in [3.05, 3.63) is 11.1 Å². The van der Waals surface area contributed by atoms with Crippen LogP contribution in [-0.2, 0) is 0 Å². The molecule has 2 heterocycles. The molecule has 2 rings (SSSR count). The summed E-state index contributed by atoms with van der Waals surface area (Å²) in [5.74, 6) is 0. The monoisotopic (exact) mass is 152 g/mol. The zero-order chi connectivity index (χ0) is 7.84.